The molecule has 0 aliphatic carbocycles. The number of furan rings is 1. The Kier molecular flexibility index (Phi) is 7.82. The molecule has 0 radical (unpaired) electrons. The van der Waals surface area contributed by atoms with Crippen molar-refractivity contribution in [2.24, 2.45) is 0 Å². The molecule has 3 nitrogen and oxygen atoms in total. The maximum atomic E-state index is 6.40. The molecule has 0 aliphatic heterocycles. The van der Waals surface area contributed by atoms with Crippen molar-refractivity contribution < 1.29 is 4.42 Å². The number of rotatable bonds is 7. The van der Waals surface area contributed by atoms with Crippen LogP contribution >= 0.6 is 0 Å². The van der Waals surface area contributed by atoms with Crippen molar-refractivity contribution >= 4 is 60.8 Å². The second kappa shape index (κ2) is 13.6. The van der Waals surface area contributed by atoms with E-state index >= 15 is 0 Å². The van der Waals surface area contributed by atoms with E-state index in [9.17, 15) is 0 Å². The molecule has 0 fully saturated rings. The molecule has 57 heavy (non-hydrogen) atoms. The topological polar surface area (TPSA) is 21.3 Å². The number of fused-ring (bicyclic) bond motifs is 6. The standard InChI is InChI=1S/C54H36N2O/c1-2-10-37(11-3-1)39-20-28-45(29-21-39)55(47-32-26-42(27-33-47)44-19-18-38-12-4-5-13-43(38)36-44)46-30-22-40(23-31-46)41-24-34-48(35-25-41)56-51-16-8-6-14-49(51)54-53(56)50-15-7-9-17-52(50)57-54/h1-36H. The Morgan fingerprint density at radius 2 is 0.825 bits per heavy atom. The van der Waals surface area contributed by atoms with Gasteiger partial charge in [-0.3, -0.25) is 0 Å². The molecule has 268 valence electrons. The van der Waals surface area contributed by atoms with Gasteiger partial charge in [-0.25, -0.2) is 0 Å². The summed E-state index contributed by atoms with van der Waals surface area (Å²) in [5.74, 6) is 0. The van der Waals surface area contributed by atoms with E-state index in [4.69, 9.17) is 4.42 Å². The molecule has 0 aliphatic rings. The van der Waals surface area contributed by atoms with Gasteiger partial charge in [-0.2, -0.15) is 0 Å². The van der Waals surface area contributed by atoms with Crippen LogP contribution in [0.25, 0.3) is 82.8 Å². The molecule has 3 heteroatoms. The summed E-state index contributed by atoms with van der Waals surface area (Å²) in [5.41, 5.74) is 15.6. The van der Waals surface area contributed by atoms with Crippen LogP contribution in [0.15, 0.2) is 223 Å². The van der Waals surface area contributed by atoms with Gasteiger partial charge < -0.3 is 13.9 Å². The summed E-state index contributed by atoms with van der Waals surface area (Å²) in [5, 5.41) is 4.73. The zero-order chi connectivity index (χ0) is 37.7. The molecule has 0 spiro atoms. The van der Waals surface area contributed by atoms with Crippen LogP contribution in [0.3, 0.4) is 0 Å². The lowest BCUT2D eigenvalue weighted by atomic mass is 10.0. The molecule has 2 heterocycles. The van der Waals surface area contributed by atoms with Crippen molar-refractivity contribution in [3.05, 3.63) is 218 Å². The van der Waals surface area contributed by atoms with E-state index in [2.05, 4.69) is 216 Å². The minimum Gasteiger partial charge on any atom is -0.454 e. The quantitative estimate of drug-likeness (QED) is 0.163. The van der Waals surface area contributed by atoms with E-state index in [0.29, 0.717) is 0 Å². The minimum atomic E-state index is 0.903. The van der Waals surface area contributed by atoms with Gasteiger partial charge in [0.2, 0.25) is 0 Å². The first-order valence-electron chi connectivity index (χ1n) is 19.4. The molecule has 0 amide bonds. The third kappa shape index (κ3) is 5.76. The Morgan fingerprint density at radius 3 is 1.47 bits per heavy atom. The fraction of sp³-hybridized carbons (Fsp3) is 0. The molecular formula is C54H36N2O. The van der Waals surface area contributed by atoms with E-state index in [1.165, 1.54) is 33.0 Å². The second-order valence-corrected chi connectivity index (χ2v) is 14.6. The van der Waals surface area contributed by atoms with Crippen LogP contribution in [0.2, 0.25) is 0 Å². The van der Waals surface area contributed by atoms with Gasteiger partial charge >= 0.3 is 0 Å². The first-order chi connectivity index (χ1) is 28.2. The summed E-state index contributed by atoms with van der Waals surface area (Å²) in [6, 6.07) is 78.1. The average Bonchev–Trinajstić information content (AvgIpc) is 3.82. The first-order valence-corrected chi connectivity index (χ1v) is 19.4. The Labute approximate surface area is 330 Å². The third-order valence-corrected chi connectivity index (χ3v) is 11.2. The maximum absolute atomic E-state index is 6.40. The Bertz CT molecular complexity index is 3190. The lowest BCUT2D eigenvalue weighted by Crippen LogP contribution is -2.09. The Morgan fingerprint density at radius 1 is 0.351 bits per heavy atom. The number of para-hydroxylation sites is 2. The van der Waals surface area contributed by atoms with Crippen molar-refractivity contribution in [2.45, 2.75) is 0 Å². The summed E-state index contributed by atoms with van der Waals surface area (Å²) < 4.78 is 8.73. The largest absolute Gasteiger partial charge is 0.454 e. The van der Waals surface area contributed by atoms with Crippen molar-refractivity contribution in [2.75, 3.05) is 4.90 Å². The van der Waals surface area contributed by atoms with E-state index in [-0.39, 0.29) is 0 Å². The predicted molar refractivity (Wildman–Crippen MR) is 239 cm³/mol. The van der Waals surface area contributed by atoms with Gasteiger partial charge in [-0.1, -0.05) is 140 Å². The lowest BCUT2D eigenvalue weighted by Gasteiger charge is -2.26. The summed E-state index contributed by atoms with van der Waals surface area (Å²) in [6.07, 6.45) is 0. The van der Waals surface area contributed by atoms with Crippen LogP contribution in [0.1, 0.15) is 0 Å². The fourth-order valence-corrected chi connectivity index (χ4v) is 8.34. The molecule has 9 aromatic carbocycles. The number of hydrogen-bond donors (Lipinski definition) is 0. The highest BCUT2D eigenvalue weighted by Gasteiger charge is 2.19. The normalized spacial score (nSPS) is 11.5. The molecule has 0 N–H and O–H groups in total. The first kappa shape index (κ1) is 32.8. The zero-order valence-electron chi connectivity index (χ0n) is 31.1. The summed E-state index contributed by atoms with van der Waals surface area (Å²) in [6.45, 7) is 0. The van der Waals surface area contributed by atoms with Crippen molar-refractivity contribution in [3.63, 3.8) is 0 Å². The maximum Gasteiger partial charge on any atom is 0.161 e. The Balaban J connectivity index is 0.941. The highest BCUT2D eigenvalue weighted by Crippen LogP contribution is 2.40. The van der Waals surface area contributed by atoms with Crippen LogP contribution in [0.5, 0.6) is 0 Å². The van der Waals surface area contributed by atoms with Crippen LogP contribution < -0.4 is 4.90 Å². The molecule has 11 rings (SSSR count). The fourth-order valence-electron chi connectivity index (χ4n) is 8.34. The van der Waals surface area contributed by atoms with Gasteiger partial charge in [0.1, 0.15) is 11.1 Å². The summed E-state index contributed by atoms with van der Waals surface area (Å²) >= 11 is 0. The van der Waals surface area contributed by atoms with Crippen molar-refractivity contribution in [1.29, 1.82) is 0 Å². The molecule has 0 atom stereocenters. The monoisotopic (exact) mass is 728 g/mol. The van der Waals surface area contributed by atoms with E-state index < -0.39 is 0 Å². The predicted octanol–water partition coefficient (Wildman–Crippen LogP) is 15.2. The van der Waals surface area contributed by atoms with E-state index in [1.54, 1.807) is 0 Å². The molecule has 2 aromatic heterocycles. The highest BCUT2D eigenvalue weighted by molar-refractivity contribution is 6.16. The molecule has 11 aromatic rings. The molecule has 0 saturated carbocycles. The van der Waals surface area contributed by atoms with Gasteiger partial charge in [0.25, 0.3) is 0 Å². The molecule has 0 unspecified atom stereocenters. The summed E-state index contributed by atoms with van der Waals surface area (Å²) in [7, 11) is 0. The number of aromatic nitrogens is 1. The smallest absolute Gasteiger partial charge is 0.161 e. The van der Waals surface area contributed by atoms with Crippen LogP contribution in [0, 0.1) is 0 Å². The number of nitrogens with zero attached hydrogens (tertiary/aromatic N) is 2. The van der Waals surface area contributed by atoms with Gasteiger partial charge in [-0.05, 0) is 123 Å². The van der Waals surface area contributed by atoms with Gasteiger partial charge in [0.05, 0.1) is 5.52 Å². The average molecular weight is 729 g/mol. The van der Waals surface area contributed by atoms with Crippen LogP contribution in [-0.4, -0.2) is 4.57 Å². The third-order valence-electron chi connectivity index (χ3n) is 11.2. The van der Waals surface area contributed by atoms with Gasteiger partial charge in [-0.15, -0.1) is 0 Å². The highest BCUT2D eigenvalue weighted by atomic mass is 16.3. The van der Waals surface area contributed by atoms with Crippen LogP contribution in [-0.2, 0) is 0 Å². The number of anilines is 3. The van der Waals surface area contributed by atoms with Crippen molar-refractivity contribution in [1.82, 2.24) is 4.57 Å². The Hall–Kier alpha value is -7.62. The van der Waals surface area contributed by atoms with Crippen molar-refractivity contribution in [3.8, 4) is 39.1 Å². The van der Waals surface area contributed by atoms with E-state index in [1.807, 2.05) is 12.1 Å². The molecule has 0 saturated heterocycles. The molecular weight excluding hydrogens is 693 g/mol. The lowest BCUT2D eigenvalue weighted by molar-refractivity contribution is 0.673. The van der Waals surface area contributed by atoms with Gasteiger partial charge in [0, 0.05) is 33.5 Å². The number of benzene rings is 9. The number of hydrogen-bond acceptors (Lipinski definition) is 2. The van der Waals surface area contributed by atoms with E-state index in [0.717, 1.165) is 66.8 Å². The SMILES string of the molecule is c1ccc(-c2ccc(N(c3ccc(-c4ccc(-n5c6ccccc6c6oc7ccccc7c65)cc4)cc3)c3ccc(-c4ccc5ccccc5c4)cc3)cc2)cc1. The summed E-state index contributed by atoms with van der Waals surface area (Å²) in [4.78, 5) is 2.34. The van der Waals surface area contributed by atoms with Gasteiger partial charge in [0.15, 0.2) is 5.58 Å². The molecule has 0 bridgehead atoms. The second-order valence-electron chi connectivity index (χ2n) is 14.6. The minimum absolute atomic E-state index is 0.903. The van der Waals surface area contributed by atoms with Crippen LogP contribution in [0.4, 0.5) is 17.1 Å². The zero-order valence-corrected chi connectivity index (χ0v) is 31.1.